The van der Waals surface area contributed by atoms with Gasteiger partial charge in [0.2, 0.25) is 35.4 Å². The number of aliphatic carboxylic acids is 2. The molecular weight excluding hydrogens is 841 g/mol. The molecule has 0 saturated heterocycles. The van der Waals surface area contributed by atoms with Crippen LogP contribution in [0.5, 0.6) is 5.75 Å². The number of aliphatic hydroxyl groups excluding tert-OH is 2. The van der Waals surface area contributed by atoms with E-state index in [0.717, 1.165) is 0 Å². The number of phenols is 1. The van der Waals surface area contributed by atoms with Crippen molar-refractivity contribution < 1.29 is 63.9 Å². The summed E-state index contributed by atoms with van der Waals surface area (Å²) in [5, 5.41) is 63.5. The number of carboxylic acids is 2. The summed E-state index contributed by atoms with van der Waals surface area (Å²) >= 11 is 0. The van der Waals surface area contributed by atoms with Gasteiger partial charge in [0, 0.05) is 25.8 Å². The molecular formula is C41H60N10O13. The van der Waals surface area contributed by atoms with Crippen LogP contribution in [-0.2, 0) is 51.2 Å². The van der Waals surface area contributed by atoms with Crippen molar-refractivity contribution in [3.05, 3.63) is 65.7 Å². The molecule has 0 heterocycles. The molecule has 0 aliphatic carbocycles. The molecule has 23 nitrogen and oxygen atoms in total. The molecule has 0 bridgehead atoms. The molecule has 6 amide bonds. The lowest BCUT2D eigenvalue weighted by molar-refractivity contribution is -0.143. The van der Waals surface area contributed by atoms with Crippen molar-refractivity contribution in [1.29, 1.82) is 0 Å². The molecule has 8 atom stereocenters. The van der Waals surface area contributed by atoms with Crippen LogP contribution in [0.4, 0.5) is 0 Å². The van der Waals surface area contributed by atoms with Gasteiger partial charge in [-0.05, 0) is 55.4 Å². The van der Waals surface area contributed by atoms with Gasteiger partial charge in [-0.2, -0.15) is 0 Å². The fraction of sp³-hybridized carbons (Fsp3) is 0.488. The van der Waals surface area contributed by atoms with Crippen molar-refractivity contribution in [2.75, 3.05) is 13.2 Å². The number of phenolic OH excluding ortho intramolecular Hbond substituents is 1. The van der Waals surface area contributed by atoms with Crippen molar-refractivity contribution >= 4 is 53.3 Å². The third-order valence-corrected chi connectivity index (χ3v) is 9.65. The Balaban J connectivity index is 2.42. The third kappa shape index (κ3) is 18.6. The average molecular weight is 901 g/mol. The van der Waals surface area contributed by atoms with Gasteiger partial charge < -0.3 is 74.6 Å². The number of guanidine groups is 1. The highest BCUT2D eigenvalue weighted by Gasteiger charge is 2.34. The zero-order valence-electron chi connectivity index (χ0n) is 35.7. The van der Waals surface area contributed by atoms with Crippen molar-refractivity contribution in [2.45, 2.75) is 108 Å². The fourth-order valence-corrected chi connectivity index (χ4v) is 5.98. The molecule has 0 aromatic heterocycles. The molecule has 0 radical (unpaired) electrons. The highest BCUT2D eigenvalue weighted by Crippen LogP contribution is 2.13. The SMILES string of the molecule is CC(C)C(NC(=O)C(CCCN=C(N)N)NC(=O)C(Cc1ccc(O)cc1)NC(=O)C(CO)NC(=O)C(CCC(=O)O)NC(=O)C(Cc1ccccc1)NC(=O)C(N)C(C)O)C(=O)O. The van der Waals surface area contributed by atoms with Gasteiger partial charge in [-0.3, -0.25) is 38.6 Å². The van der Waals surface area contributed by atoms with E-state index in [9.17, 15) is 63.9 Å². The summed E-state index contributed by atoms with van der Waals surface area (Å²) in [5.41, 5.74) is 17.5. The number of aliphatic hydroxyl groups is 2. The van der Waals surface area contributed by atoms with Crippen molar-refractivity contribution in [3.8, 4) is 5.75 Å². The van der Waals surface area contributed by atoms with E-state index in [2.05, 4.69) is 36.9 Å². The van der Waals surface area contributed by atoms with E-state index in [0.29, 0.717) is 11.1 Å². The lowest BCUT2D eigenvalue weighted by Gasteiger charge is -2.27. The second-order valence-electron chi connectivity index (χ2n) is 15.3. The maximum absolute atomic E-state index is 14.0. The van der Waals surface area contributed by atoms with E-state index in [-0.39, 0.29) is 43.9 Å². The smallest absolute Gasteiger partial charge is 0.326 e. The molecule has 2 aromatic rings. The summed E-state index contributed by atoms with van der Waals surface area (Å²) in [5.74, 6) is -9.56. The van der Waals surface area contributed by atoms with Crippen molar-refractivity contribution in [3.63, 3.8) is 0 Å². The number of rotatable bonds is 27. The highest BCUT2D eigenvalue weighted by molar-refractivity contribution is 5.97. The molecule has 352 valence electrons. The van der Waals surface area contributed by atoms with E-state index in [1.54, 1.807) is 44.2 Å². The summed E-state index contributed by atoms with van der Waals surface area (Å²) < 4.78 is 0. The summed E-state index contributed by atoms with van der Waals surface area (Å²) in [7, 11) is 0. The maximum Gasteiger partial charge on any atom is 0.326 e. The average Bonchev–Trinajstić information content (AvgIpc) is 3.23. The second-order valence-corrected chi connectivity index (χ2v) is 15.3. The van der Waals surface area contributed by atoms with Crippen LogP contribution in [0.3, 0.4) is 0 Å². The first-order valence-electron chi connectivity index (χ1n) is 20.3. The predicted octanol–water partition coefficient (Wildman–Crippen LogP) is -3.55. The number of nitrogens with zero attached hydrogens (tertiary/aromatic N) is 1. The molecule has 2 rings (SSSR count). The largest absolute Gasteiger partial charge is 0.508 e. The summed E-state index contributed by atoms with van der Waals surface area (Å²) in [6.45, 7) is 3.35. The van der Waals surface area contributed by atoms with E-state index in [4.69, 9.17) is 17.2 Å². The van der Waals surface area contributed by atoms with E-state index >= 15 is 0 Å². The standard InChI is InChI=1S/C41H60N10O13/c1-21(2)33(40(63)64)51-35(58)26(10-7-17-45-41(43)44)46-36(59)28(19-24-11-13-25(54)14-12-24)48-38(61)30(20-52)50-34(57)27(15-16-31(55)56)47-37(60)29(18-23-8-5-4-6-9-23)49-39(62)32(42)22(3)53/h4-6,8-9,11-14,21-22,26-30,32-33,52-54H,7,10,15-20,42H2,1-3H3,(H,46,59)(H,47,60)(H,48,61)(H,49,62)(H,50,57)(H,51,58)(H,55,56)(H,63,64)(H4,43,44,45). The number of aromatic hydroxyl groups is 1. The van der Waals surface area contributed by atoms with E-state index in [1.807, 2.05) is 0 Å². The van der Waals surface area contributed by atoms with Gasteiger partial charge in [0.25, 0.3) is 0 Å². The van der Waals surface area contributed by atoms with E-state index in [1.165, 1.54) is 31.2 Å². The van der Waals surface area contributed by atoms with Crippen LogP contribution < -0.4 is 49.1 Å². The highest BCUT2D eigenvalue weighted by atomic mass is 16.4. The lowest BCUT2D eigenvalue weighted by atomic mass is 10.0. The topological polar surface area (TPSA) is 400 Å². The minimum Gasteiger partial charge on any atom is -0.508 e. The van der Waals surface area contributed by atoms with Gasteiger partial charge in [-0.25, -0.2) is 4.79 Å². The Labute approximate surface area is 369 Å². The summed E-state index contributed by atoms with van der Waals surface area (Å²) in [6, 6.07) is 3.28. The fourth-order valence-electron chi connectivity index (χ4n) is 5.98. The lowest BCUT2D eigenvalue weighted by Crippen LogP contribution is -2.61. The first-order chi connectivity index (χ1) is 30.1. The number of hydrogen-bond acceptors (Lipinski definition) is 13. The summed E-state index contributed by atoms with van der Waals surface area (Å²) in [6.07, 6.45) is -2.84. The number of aliphatic imine (C=N–C) groups is 1. The Morgan fingerprint density at radius 3 is 1.56 bits per heavy atom. The van der Waals surface area contributed by atoms with Gasteiger partial charge >= 0.3 is 11.9 Å². The van der Waals surface area contributed by atoms with Crippen molar-refractivity contribution in [2.24, 2.45) is 28.1 Å². The molecule has 8 unspecified atom stereocenters. The van der Waals surface area contributed by atoms with Crippen LogP contribution in [0.1, 0.15) is 57.6 Å². The van der Waals surface area contributed by atoms with Crippen LogP contribution in [0.2, 0.25) is 0 Å². The second kappa shape index (κ2) is 26.6. The molecule has 0 spiro atoms. The number of hydrogen-bond donors (Lipinski definition) is 14. The minimum atomic E-state index is -1.82. The first-order valence-corrected chi connectivity index (χ1v) is 20.3. The zero-order chi connectivity index (χ0) is 48.1. The molecule has 64 heavy (non-hydrogen) atoms. The summed E-state index contributed by atoms with van der Waals surface area (Å²) in [4.78, 5) is 109. The van der Waals surface area contributed by atoms with Gasteiger partial charge in [0.05, 0.1) is 12.7 Å². The molecule has 0 aliphatic rings. The Morgan fingerprint density at radius 1 is 0.625 bits per heavy atom. The normalized spacial score (nSPS) is 14.7. The Hall–Kier alpha value is -6.85. The van der Waals surface area contributed by atoms with Crippen LogP contribution in [0, 0.1) is 5.92 Å². The Morgan fingerprint density at radius 2 is 1.08 bits per heavy atom. The number of carboxylic acid groups (broad SMARTS) is 2. The van der Waals surface area contributed by atoms with Gasteiger partial charge in [0.15, 0.2) is 5.96 Å². The first kappa shape index (κ1) is 53.3. The number of nitrogens with one attached hydrogen (secondary N) is 6. The van der Waals surface area contributed by atoms with Crippen LogP contribution in [0.25, 0.3) is 0 Å². The van der Waals surface area contributed by atoms with E-state index < -0.39 is 121 Å². The number of amides is 6. The maximum atomic E-state index is 14.0. The molecule has 0 saturated carbocycles. The zero-order valence-corrected chi connectivity index (χ0v) is 35.7. The monoisotopic (exact) mass is 900 g/mol. The quantitative estimate of drug-likeness (QED) is 0.0234. The van der Waals surface area contributed by atoms with Crippen LogP contribution in [0.15, 0.2) is 59.6 Å². The molecule has 2 aromatic carbocycles. The number of nitrogens with two attached hydrogens (primary N) is 3. The van der Waals surface area contributed by atoms with Gasteiger partial charge in [-0.1, -0.05) is 56.3 Å². The van der Waals surface area contributed by atoms with Crippen molar-refractivity contribution in [1.82, 2.24) is 31.9 Å². The molecule has 23 heteroatoms. The van der Waals surface area contributed by atoms with Gasteiger partial charge in [0.1, 0.15) is 48.0 Å². The number of carbonyl (C=O) groups is 8. The Kier molecular flexibility index (Phi) is 22.1. The molecule has 17 N–H and O–H groups in total. The van der Waals surface area contributed by atoms with Gasteiger partial charge in [-0.15, -0.1) is 0 Å². The third-order valence-electron chi connectivity index (χ3n) is 9.65. The minimum absolute atomic E-state index is 0.0352. The van der Waals surface area contributed by atoms with Crippen LogP contribution >= 0.6 is 0 Å². The Bertz CT molecular complexity index is 1930. The molecule has 0 fully saturated rings. The predicted molar refractivity (Wildman–Crippen MR) is 230 cm³/mol. The number of benzene rings is 2. The van der Waals surface area contributed by atoms with Crippen LogP contribution in [-0.4, -0.2) is 140 Å². The number of carbonyl (C=O) groups excluding carboxylic acids is 6. The molecule has 0 aliphatic heterocycles.